The van der Waals surface area contributed by atoms with E-state index >= 15 is 0 Å². The van der Waals surface area contributed by atoms with Gasteiger partial charge in [0.15, 0.2) is 0 Å². The van der Waals surface area contributed by atoms with Gasteiger partial charge in [0.2, 0.25) is 5.91 Å². The Morgan fingerprint density at radius 1 is 1.12 bits per heavy atom. The number of carbonyl (C=O) groups is 2. The van der Waals surface area contributed by atoms with Crippen LogP contribution >= 0.6 is 0 Å². The van der Waals surface area contributed by atoms with E-state index in [0.29, 0.717) is 32.6 Å². The van der Waals surface area contributed by atoms with Crippen LogP contribution in [0, 0.1) is 13.8 Å². The molecule has 128 valence electrons. The zero-order valence-corrected chi connectivity index (χ0v) is 14.3. The highest BCUT2D eigenvalue weighted by atomic mass is 16.2. The molecule has 1 aliphatic rings. The smallest absolute Gasteiger partial charge is 0.255 e. The van der Waals surface area contributed by atoms with Gasteiger partial charge in [0.05, 0.1) is 12.0 Å². The van der Waals surface area contributed by atoms with E-state index in [2.05, 4.69) is 9.97 Å². The van der Waals surface area contributed by atoms with Crippen LogP contribution in [-0.2, 0) is 11.2 Å². The third-order valence-electron chi connectivity index (χ3n) is 4.53. The van der Waals surface area contributed by atoms with Crippen molar-refractivity contribution >= 4 is 11.8 Å². The summed E-state index contributed by atoms with van der Waals surface area (Å²) in [6.45, 7) is 6.45. The van der Waals surface area contributed by atoms with Crippen molar-refractivity contribution in [2.75, 3.05) is 26.2 Å². The lowest BCUT2D eigenvalue weighted by Crippen LogP contribution is -2.38. The zero-order chi connectivity index (χ0) is 17.1. The van der Waals surface area contributed by atoms with Gasteiger partial charge in [-0.25, -0.2) is 0 Å². The molecule has 3 rings (SSSR count). The van der Waals surface area contributed by atoms with Gasteiger partial charge in [-0.3, -0.25) is 9.59 Å². The average molecular weight is 328 g/mol. The van der Waals surface area contributed by atoms with Gasteiger partial charge < -0.3 is 19.8 Å². The summed E-state index contributed by atoms with van der Waals surface area (Å²) < 4.78 is 0. The molecule has 0 unspecified atom stereocenters. The first-order valence-corrected chi connectivity index (χ1v) is 8.39. The van der Waals surface area contributed by atoms with Crippen LogP contribution in [0.15, 0.2) is 24.5 Å². The normalized spacial score (nSPS) is 15.4. The fourth-order valence-corrected chi connectivity index (χ4v) is 3.24. The zero-order valence-electron chi connectivity index (χ0n) is 14.3. The van der Waals surface area contributed by atoms with E-state index < -0.39 is 0 Å². The Balaban J connectivity index is 1.61. The number of aryl methyl sites for hydroxylation is 2. The van der Waals surface area contributed by atoms with Crippen LogP contribution in [0.25, 0.3) is 0 Å². The number of amides is 2. The molecule has 6 nitrogen and oxygen atoms in total. The second-order valence-electron chi connectivity index (χ2n) is 6.41. The summed E-state index contributed by atoms with van der Waals surface area (Å²) in [4.78, 5) is 35.0. The van der Waals surface area contributed by atoms with Crippen molar-refractivity contribution in [1.29, 1.82) is 0 Å². The summed E-state index contributed by atoms with van der Waals surface area (Å²) in [5.41, 5.74) is 3.63. The van der Waals surface area contributed by atoms with Crippen molar-refractivity contribution in [1.82, 2.24) is 19.8 Å². The SMILES string of the molecule is Cc1cc(C(=O)N2CCCN(C(=O)Cc3cc[nH]c3)CC2)c(C)[nH]1. The van der Waals surface area contributed by atoms with E-state index in [1.807, 2.05) is 48.2 Å². The van der Waals surface area contributed by atoms with Gasteiger partial charge in [-0.15, -0.1) is 0 Å². The molecule has 1 saturated heterocycles. The fourth-order valence-electron chi connectivity index (χ4n) is 3.24. The molecule has 2 aromatic rings. The molecule has 0 atom stereocenters. The Kier molecular flexibility index (Phi) is 4.74. The molecule has 2 N–H and O–H groups in total. The molecule has 1 aliphatic heterocycles. The van der Waals surface area contributed by atoms with Crippen molar-refractivity contribution < 1.29 is 9.59 Å². The first-order chi connectivity index (χ1) is 11.5. The van der Waals surface area contributed by atoms with Gasteiger partial charge in [0, 0.05) is 50.0 Å². The number of hydrogen-bond donors (Lipinski definition) is 2. The average Bonchev–Trinajstić information content (AvgIpc) is 3.08. The molecule has 0 radical (unpaired) electrons. The summed E-state index contributed by atoms with van der Waals surface area (Å²) in [5.74, 6) is 0.175. The first-order valence-electron chi connectivity index (χ1n) is 8.39. The standard InChI is InChI=1S/C18H24N4O2/c1-13-10-16(14(2)20-13)18(24)22-7-3-6-21(8-9-22)17(23)11-15-4-5-19-12-15/h4-5,10,12,19-20H,3,6-9,11H2,1-2H3. The number of H-pyrrole nitrogens is 2. The Labute approximate surface area is 141 Å². The highest BCUT2D eigenvalue weighted by Crippen LogP contribution is 2.15. The van der Waals surface area contributed by atoms with Crippen LogP contribution in [-0.4, -0.2) is 57.8 Å². The Bertz CT molecular complexity index is 717. The minimum Gasteiger partial charge on any atom is -0.367 e. The van der Waals surface area contributed by atoms with Crippen LogP contribution in [0.5, 0.6) is 0 Å². The van der Waals surface area contributed by atoms with Crippen LogP contribution in [0.1, 0.15) is 33.7 Å². The fraction of sp³-hybridized carbons (Fsp3) is 0.444. The maximum absolute atomic E-state index is 12.7. The van der Waals surface area contributed by atoms with Crippen LogP contribution < -0.4 is 0 Å². The molecule has 3 heterocycles. The van der Waals surface area contributed by atoms with Gasteiger partial charge >= 0.3 is 0 Å². The van der Waals surface area contributed by atoms with Crippen molar-refractivity contribution in [3.05, 3.63) is 47.0 Å². The molecule has 0 bridgehead atoms. The molecule has 0 spiro atoms. The topological polar surface area (TPSA) is 72.2 Å². The maximum Gasteiger partial charge on any atom is 0.255 e. The van der Waals surface area contributed by atoms with E-state index in [-0.39, 0.29) is 11.8 Å². The molecule has 24 heavy (non-hydrogen) atoms. The number of aromatic amines is 2. The van der Waals surface area contributed by atoms with Crippen molar-refractivity contribution in [3.8, 4) is 0 Å². The van der Waals surface area contributed by atoms with Crippen molar-refractivity contribution in [2.45, 2.75) is 26.7 Å². The van der Waals surface area contributed by atoms with Gasteiger partial charge in [-0.05, 0) is 38.0 Å². The number of nitrogens with one attached hydrogen (secondary N) is 2. The molecule has 6 heteroatoms. The number of hydrogen-bond acceptors (Lipinski definition) is 2. The second kappa shape index (κ2) is 6.95. The molecule has 2 aromatic heterocycles. The number of carbonyl (C=O) groups excluding carboxylic acids is 2. The molecule has 0 aliphatic carbocycles. The van der Waals surface area contributed by atoms with Crippen LogP contribution in [0.2, 0.25) is 0 Å². The largest absolute Gasteiger partial charge is 0.367 e. The predicted molar refractivity (Wildman–Crippen MR) is 91.9 cm³/mol. The number of aromatic nitrogens is 2. The highest BCUT2D eigenvalue weighted by molar-refractivity contribution is 5.95. The van der Waals surface area contributed by atoms with Gasteiger partial charge in [-0.1, -0.05) is 0 Å². The van der Waals surface area contributed by atoms with E-state index in [1.54, 1.807) is 0 Å². The minimum absolute atomic E-state index is 0.0526. The van der Waals surface area contributed by atoms with E-state index in [1.165, 1.54) is 0 Å². The maximum atomic E-state index is 12.7. The third kappa shape index (κ3) is 3.53. The third-order valence-corrected chi connectivity index (χ3v) is 4.53. The van der Waals surface area contributed by atoms with E-state index in [0.717, 1.165) is 28.9 Å². The van der Waals surface area contributed by atoms with E-state index in [9.17, 15) is 9.59 Å². The summed E-state index contributed by atoms with van der Waals surface area (Å²) in [6, 6.07) is 3.82. The lowest BCUT2D eigenvalue weighted by molar-refractivity contribution is -0.130. The number of rotatable bonds is 3. The molecule has 0 aromatic carbocycles. The minimum atomic E-state index is 0.0526. The van der Waals surface area contributed by atoms with Crippen LogP contribution in [0.3, 0.4) is 0 Å². The highest BCUT2D eigenvalue weighted by Gasteiger charge is 2.24. The predicted octanol–water partition coefficient (Wildman–Crippen LogP) is 1.88. The van der Waals surface area contributed by atoms with E-state index in [4.69, 9.17) is 0 Å². The first kappa shape index (κ1) is 16.4. The Morgan fingerprint density at radius 3 is 2.54 bits per heavy atom. The Hall–Kier alpha value is -2.50. The summed E-state index contributed by atoms with van der Waals surface area (Å²) in [7, 11) is 0. The summed E-state index contributed by atoms with van der Waals surface area (Å²) in [5, 5.41) is 0. The lowest BCUT2D eigenvalue weighted by Gasteiger charge is -2.22. The molecule has 2 amide bonds. The number of nitrogens with zero attached hydrogens (tertiary/aromatic N) is 2. The van der Waals surface area contributed by atoms with Gasteiger partial charge in [0.25, 0.3) is 5.91 Å². The monoisotopic (exact) mass is 328 g/mol. The second-order valence-corrected chi connectivity index (χ2v) is 6.41. The molecular weight excluding hydrogens is 304 g/mol. The van der Waals surface area contributed by atoms with Gasteiger partial charge in [-0.2, -0.15) is 0 Å². The quantitative estimate of drug-likeness (QED) is 0.903. The summed E-state index contributed by atoms with van der Waals surface area (Å²) in [6.07, 6.45) is 4.90. The van der Waals surface area contributed by atoms with Crippen molar-refractivity contribution in [2.24, 2.45) is 0 Å². The molecule has 0 saturated carbocycles. The van der Waals surface area contributed by atoms with Crippen LogP contribution in [0.4, 0.5) is 0 Å². The molecule has 1 fully saturated rings. The summed E-state index contributed by atoms with van der Waals surface area (Å²) >= 11 is 0. The lowest BCUT2D eigenvalue weighted by atomic mass is 10.2. The Morgan fingerprint density at radius 2 is 1.88 bits per heavy atom. The molecular formula is C18H24N4O2. The van der Waals surface area contributed by atoms with Gasteiger partial charge in [0.1, 0.15) is 0 Å². The van der Waals surface area contributed by atoms with Crippen molar-refractivity contribution in [3.63, 3.8) is 0 Å².